The molecule has 0 aliphatic heterocycles. The van der Waals surface area contributed by atoms with Crippen LogP contribution in [0.3, 0.4) is 0 Å². The maximum atomic E-state index is 11.2. The minimum Gasteiger partial charge on any atom is -0.481 e. The molecule has 0 aromatic rings. The average molecular weight is 217 g/mol. The quantitative estimate of drug-likeness (QED) is 0.613. The Kier molecular flexibility index (Phi) is 6.70. The Labute approximate surface area is 89.8 Å². The van der Waals surface area contributed by atoms with Crippen molar-refractivity contribution in [2.75, 3.05) is 13.2 Å². The molecule has 0 fully saturated rings. The molecule has 2 unspecified atom stereocenters. The van der Waals surface area contributed by atoms with Crippen LogP contribution >= 0.6 is 0 Å². The summed E-state index contributed by atoms with van der Waals surface area (Å²) in [6.45, 7) is 5.70. The SMILES string of the molecule is CCCOCC(=O)NC(C)C(C)C(=O)O. The van der Waals surface area contributed by atoms with E-state index in [0.29, 0.717) is 6.61 Å². The second-order valence-electron chi connectivity index (χ2n) is 3.54. The molecule has 0 aliphatic carbocycles. The molecule has 0 heterocycles. The van der Waals surface area contributed by atoms with Crippen LogP contribution in [0.2, 0.25) is 0 Å². The van der Waals surface area contributed by atoms with Gasteiger partial charge < -0.3 is 15.2 Å². The van der Waals surface area contributed by atoms with Crippen LogP contribution in [0.1, 0.15) is 27.2 Å². The van der Waals surface area contributed by atoms with Crippen molar-refractivity contribution < 1.29 is 19.4 Å². The molecule has 5 heteroatoms. The summed E-state index contributed by atoms with van der Waals surface area (Å²) >= 11 is 0. The van der Waals surface area contributed by atoms with Crippen molar-refractivity contribution in [2.45, 2.75) is 33.2 Å². The number of amides is 1. The molecule has 0 radical (unpaired) electrons. The topological polar surface area (TPSA) is 75.6 Å². The molecule has 15 heavy (non-hydrogen) atoms. The van der Waals surface area contributed by atoms with Crippen molar-refractivity contribution in [3.8, 4) is 0 Å². The van der Waals surface area contributed by atoms with Gasteiger partial charge in [-0.1, -0.05) is 6.92 Å². The fraction of sp³-hybridized carbons (Fsp3) is 0.800. The van der Waals surface area contributed by atoms with Gasteiger partial charge in [-0.2, -0.15) is 0 Å². The van der Waals surface area contributed by atoms with Gasteiger partial charge in [0.25, 0.3) is 0 Å². The first-order chi connectivity index (χ1) is 6.99. The van der Waals surface area contributed by atoms with E-state index in [9.17, 15) is 9.59 Å². The summed E-state index contributed by atoms with van der Waals surface area (Å²) in [5, 5.41) is 11.3. The number of hydrogen-bond acceptors (Lipinski definition) is 3. The maximum absolute atomic E-state index is 11.2. The number of carboxylic acids is 1. The van der Waals surface area contributed by atoms with Crippen LogP contribution in [0.5, 0.6) is 0 Å². The van der Waals surface area contributed by atoms with Gasteiger partial charge in [0.1, 0.15) is 6.61 Å². The lowest BCUT2D eigenvalue weighted by Gasteiger charge is -2.17. The second kappa shape index (κ2) is 7.23. The van der Waals surface area contributed by atoms with E-state index in [-0.39, 0.29) is 18.6 Å². The number of rotatable bonds is 7. The fourth-order valence-electron chi connectivity index (χ4n) is 0.944. The molecule has 5 nitrogen and oxygen atoms in total. The molecule has 0 saturated heterocycles. The smallest absolute Gasteiger partial charge is 0.308 e. The lowest BCUT2D eigenvalue weighted by atomic mass is 10.0. The van der Waals surface area contributed by atoms with E-state index in [1.54, 1.807) is 13.8 Å². The van der Waals surface area contributed by atoms with Crippen molar-refractivity contribution in [3.05, 3.63) is 0 Å². The second-order valence-corrected chi connectivity index (χ2v) is 3.54. The Balaban J connectivity index is 3.80. The lowest BCUT2D eigenvalue weighted by molar-refractivity contribution is -0.142. The highest BCUT2D eigenvalue weighted by Gasteiger charge is 2.20. The van der Waals surface area contributed by atoms with Gasteiger partial charge in [-0.05, 0) is 20.3 Å². The van der Waals surface area contributed by atoms with Gasteiger partial charge in [0, 0.05) is 12.6 Å². The van der Waals surface area contributed by atoms with Gasteiger partial charge in [0.05, 0.1) is 5.92 Å². The number of carboxylic acid groups (broad SMARTS) is 1. The molecule has 0 rings (SSSR count). The molecular weight excluding hydrogens is 198 g/mol. The van der Waals surface area contributed by atoms with Gasteiger partial charge in [-0.3, -0.25) is 9.59 Å². The molecule has 0 spiro atoms. The van der Waals surface area contributed by atoms with Gasteiger partial charge >= 0.3 is 5.97 Å². The summed E-state index contributed by atoms with van der Waals surface area (Å²) in [4.78, 5) is 21.8. The summed E-state index contributed by atoms with van der Waals surface area (Å²) in [6, 6.07) is -0.389. The third kappa shape index (κ3) is 6.06. The number of ether oxygens (including phenoxy) is 1. The van der Waals surface area contributed by atoms with Crippen LogP contribution in [-0.4, -0.2) is 36.2 Å². The zero-order valence-corrected chi connectivity index (χ0v) is 9.45. The molecule has 0 aromatic heterocycles. The van der Waals surface area contributed by atoms with Gasteiger partial charge in [0.2, 0.25) is 5.91 Å². The summed E-state index contributed by atoms with van der Waals surface area (Å²) in [7, 11) is 0. The molecule has 0 aliphatic rings. The standard InChI is InChI=1S/C10H19NO4/c1-4-5-15-6-9(12)11-8(3)7(2)10(13)14/h7-8H,4-6H2,1-3H3,(H,11,12)(H,13,14). The number of aliphatic carboxylic acids is 1. The monoisotopic (exact) mass is 217 g/mol. The van der Waals surface area contributed by atoms with Crippen molar-refractivity contribution in [2.24, 2.45) is 5.92 Å². The molecule has 88 valence electrons. The molecule has 0 bridgehead atoms. The van der Waals surface area contributed by atoms with E-state index in [1.807, 2.05) is 6.92 Å². The van der Waals surface area contributed by atoms with Crippen LogP contribution in [0.25, 0.3) is 0 Å². The van der Waals surface area contributed by atoms with Crippen molar-refractivity contribution in [1.29, 1.82) is 0 Å². The van der Waals surface area contributed by atoms with E-state index in [1.165, 1.54) is 0 Å². The van der Waals surface area contributed by atoms with Crippen LogP contribution < -0.4 is 5.32 Å². The summed E-state index contributed by atoms with van der Waals surface area (Å²) in [6.07, 6.45) is 0.856. The molecular formula is C10H19NO4. The minimum absolute atomic E-state index is 0.00941. The first-order valence-electron chi connectivity index (χ1n) is 5.09. The largest absolute Gasteiger partial charge is 0.481 e. The highest BCUT2D eigenvalue weighted by atomic mass is 16.5. The third-order valence-electron chi connectivity index (χ3n) is 2.11. The van der Waals surface area contributed by atoms with Gasteiger partial charge in [-0.25, -0.2) is 0 Å². The highest BCUT2D eigenvalue weighted by Crippen LogP contribution is 2.01. The van der Waals surface area contributed by atoms with E-state index < -0.39 is 11.9 Å². The van der Waals surface area contributed by atoms with Crippen molar-refractivity contribution >= 4 is 11.9 Å². The summed E-state index contributed by atoms with van der Waals surface area (Å²) < 4.78 is 5.03. The molecule has 0 saturated carbocycles. The van der Waals surface area contributed by atoms with Crippen LogP contribution in [0.15, 0.2) is 0 Å². The molecule has 2 atom stereocenters. The predicted molar refractivity (Wildman–Crippen MR) is 55.5 cm³/mol. The van der Waals surface area contributed by atoms with Crippen molar-refractivity contribution in [3.63, 3.8) is 0 Å². The van der Waals surface area contributed by atoms with Crippen LogP contribution in [-0.2, 0) is 14.3 Å². The minimum atomic E-state index is -0.919. The zero-order valence-electron chi connectivity index (χ0n) is 9.45. The van der Waals surface area contributed by atoms with E-state index in [2.05, 4.69) is 5.32 Å². The lowest BCUT2D eigenvalue weighted by Crippen LogP contribution is -2.41. The Hall–Kier alpha value is -1.10. The van der Waals surface area contributed by atoms with E-state index >= 15 is 0 Å². The average Bonchev–Trinajstić information content (AvgIpc) is 2.16. The summed E-state index contributed by atoms with van der Waals surface area (Å²) in [5.74, 6) is -1.79. The Bertz CT molecular complexity index is 217. The van der Waals surface area contributed by atoms with Crippen LogP contribution in [0, 0.1) is 5.92 Å². The Morgan fingerprint density at radius 1 is 1.40 bits per heavy atom. The molecule has 0 aromatic carbocycles. The zero-order chi connectivity index (χ0) is 11.8. The first kappa shape index (κ1) is 13.9. The van der Waals surface area contributed by atoms with E-state index in [0.717, 1.165) is 6.42 Å². The maximum Gasteiger partial charge on any atom is 0.308 e. The fourth-order valence-corrected chi connectivity index (χ4v) is 0.944. The summed E-state index contributed by atoms with van der Waals surface area (Å²) in [5.41, 5.74) is 0. The highest BCUT2D eigenvalue weighted by molar-refractivity contribution is 5.78. The van der Waals surface area contributed by atoms with E-state index in [4.69, 9.17) is 9.84 Å². The Morgan fingerprint density at radius 3 is 2.47 bits per heavy atom. The van der Waals surface area contributed by atoms with Crippen molar-refractivity contribution in [1.82, 2.24) is 5.32 Å². The first-order valence-corrected chi connectivity index (χ1v) is 5.09. The number of nitrogens with one attached hydrogen (secondary N) is 1. The third-order valence-corrected chi connectivity index (χ3v) is 2.11. The van der Waals surface area contributed by atoms with Gasteiger partial charge in [-0.15, -0.1) is 0 Å². The number of hydrogen-bond donors (Lipinski definition) is 2. The normalized spacial score (nSPS) is 14.3. The number of carbonyl (C=O) groups is 2. The van der Waals surface area contributed by atoms with Gasteiger partial charge in [0.15, 0.2) is 0 Å². The molecule has 1 amide bonds. The van der Waals surface area contributed by atoms with Crippen LogP contribution in [0.4, 0.5) is 0 Å². The molecule has 2 N–H and O–H groups in total. The predicted octanol–water partition coefficient (Wildman–Crippen LogP) is 0.638. The Morgan fingerprint density at radius 2 is 2.00 bits per heavy atom. The number of carbonyl (C=O) groups excluding carboxylic acids is 1.